The van der Waals surface area contributed by atoms with Gasteiger partial charge in [0.1, 0.15) is 0 Å². The van der Waals surface area contributed by atoms with Gasteiger partial charge in [0.25, 0.3) is 0 Å². The minimum absolute atomic E-state index is 0.196. The number of ether oxygens (including phenoxy) is 3. The zero-order chi connectivity index (χ0) is 9.56. The van der Waals surface area contributed by atoms with Crippen LogP contribution in [0.3, 0.4) is 0 Å². The second-order valence-corrected chi connectivity index (χ2v) is 2.68. The molecule has 0 bridgehead atoms. The standard InChI is InChI=1S/C8H18O4/c1-6(9)7(2)12-5-8(10-3)11-4/h6-9H,5H2,1-4H3/t6-,7-/m0/s1. The Hall–Kier alpha value is -0.160. The maximum absolute atomic E-state index is 9.07. The summed E-state index contributed by atoms with van der Waals surface area (Å²) >= 11 is 0. The number of methoxy groups -OCH3 is 2. The molecule has 0 amide bonds. The monoisotopic (exact) mass is 178 g/mol. The van der Waals surface area contributed by atoms with Gasteiger partial charge >= 0.3 is 0 Å². The van der Waals surface area contributed by atoms with Crippen molar-refractivity contribution in [1.29, 1.82) is 0 Å². The molecule has 0 aliphatic rings. The summed E-state index contributed by atoms with van der Waals surface area (Å²) in [6, 6.07) is 0. The molecular weight excluding hydrogens is 160 g/mol. The first-order valence-corrected chi connectivity index (χ1v) is 3.97. The van der Waals surface area contributed by atoms with E-state index in [0.29, 0.717) is 6.61 Å². The molecule has 0 radical (unpaired) electrons. The van der Waals surface area contributed by atoms with Crippen LogP contribution in [0.1, 0.15) is 13.8 Å². The summed E-state index contributed by atoms with van der Waals surface area (Å²) in [6.07, 6.45) is -1.02. The summed E-state index contributed by atoms with van der Waals surface area (Å²) in [5, 5.41) is 9.07. The highest BCUT2D eigenvalue weighted by Gasteiger charge is 2.12. The van der Waals surface area contributed by atoms with Gasteiger partial charge in [-0.05, 0) is 13.8 Å². The van der Waals surface area contributed by atoms with E-state index in [2.05, 4.69) is 0 Å². The maximum Gasteiger partial charge on any atom is 0.180 e. The molecule has 12 heavy (non-hydrogen) atoms. The number of aliphatic hydroxyl groups is 1. The molecule has 4 heteroatoms. The zero-order valence-corrected chi connectivity index (χ0v) is 8.11. The second kappa shape index (κ2) is 6.37. The topological polar surface area (TPSA) is 47.9 Å². The Labute approximate surface area is 73.4 Å². The number of rotatable bonds is 6. The van der Waals surface area contributed by atoms with Gasteiger partial charge in [-0.2, -0.15) is 0 Å². The molecule has 0 rings (SSSR count). The molecule has 0 unspecified atom stereocenters. The quantitative estimate of drug-likeness (QED) is 0.598. The molecule has 0 spiro atoms. The van der Waals surface area contributed by atoms with Gasteiger partial charge < -0.3 is 19.3 Å². The first-order valence-electron chi connectivity index (χ1n) is 3.97. The third kappa shape index (κ3) is 4.66. The van der Waals surface area contributed by atoms with Crippen molar-refractivity contribution in [3.8, 4) is 0 Å². The second-order valence-electron chi connectivity index (χ2n) is 2.68. The smallest absolute Gasteiger partial charge is 0.180 e. The first-order chi connectivity index (χ1) is 5.61. The average molecular weight is 178 g/mol. The van der Waals surface area contributed by atoms with E-state index in [-0.39, 0.29) is 12.4 Å². The van der Waals surface area contributed by atoms with Gasteiger partial charge in [-0.3, -0.25) is 0 Å². The third-order valence-corrected chi connectivity index (χ3v) is 1.70. The average Bonchev–Trinajstić information content (AvgIpc) is 2.05. The van der Waals surface area contributed by atoms with Crippen LogP contribution in [-0.4, -0.2) is 44.4 Å². The Kier molecular flexibility index (Phi) is 6.28. The van der Waals surface area contributed by atoms with E-state index in [1.807, 2.05) is 0 Å². The molecule has 0 saturated heterocycles. The van der Waals surface area contributed by atoms with Crippen molar-refractivity contribution in [2.24, 2.45) is 0 Å². The van der Waals surface area contributed by atoms with Crippen molar-refractivity contribution in [2.45, 2.75) is 32.3 Å². The van der Waals surface area contributed by atoms with Crippen LogP contribution in [-0.2, 0) is 14.2 Å². The fourth-order valence-electron chi connectivity index (χ4n) is 0.602. The molecular formula is C8H18O4. The molecule has 0 heterocycles. The summed E-state index contributed by atoms with van der Waals surface area (Å²) in [4.78, 5) is 0. The molecule has 0 aromatic heterocycles. The van der Waals surface area contributed by atoms with E-state index in [1.54, 1.807) is 28.1 Å². The molecule has 2 atom stereocenters. The summed E-state index contributed by atoms with van der Waals surface area (Å²) in [6.45, 7) is 3.81. The Morgan fingerprint density at radius 1 is 1.17 bits per heavy atom. The van der Waals surface area contributed by atoms with E-state index in [0.717, 1.165) is 0 Å². The summed E-state index contributed by atoms with van der Waals surface area (Å²) in [5.74, 6) is 0. The van der Waals surface area contributed by atoms with Crippen LogP contribution in [0.4, 0.5) is 0 Å². The first kappa shape index (κ1) is 11.8. The fraction of sp³-hybridized carbons (Fsp3) is 1.00. The number of hydrogen-bond acceptors (Lipinski definition) is 4. The highest BCUT2D eigenvalue weighted by atomic mass is 16.7. The third-order valence-electron chi connectivity index (χ3n) is 1.70. The molecule has 0 aliphatic carbocycles. The summed E-state index contributed by atoms with van der Waals surface area (Å²) < 4.78 is 15.0. The van der Waals surface area contributed by atoms with Gasteiger partial charge in [0.2, 0.25) is 0 Å². The Bertz CT molecular complexity index is 99.2. The zero-order valence-electron chi connectivity index (χ0n) is 8.11. The predicted molar refractivity (Wildman–Crippen MR) is 44.9 cm³/mol. The van der Waals surface area contributed by atoms with Crippen LogP contribution in [0.25, 0.3) is 0 Å². The Morgan fingerprint density at radius 3 is 2.00 bits per heavy atom. The lowest BCUT2D eigenvalue weighted by atomic mass is 10.3. The lowest BCUT2D eigenvalue weighted by molar-refractivity contribution is -0.159. The minimum atomic E-state index is -0.473. The molecule has 4 nitrogen and oxygen atoms in total. The van der Waals surface area contributed by atoms with Crippen molar-refractivity contribution in [1.82, 2.24) is 0 Å². The van der Waals surface area contributed by atoms with E-state index in [1.165, 1.54) is 0 Å². The molecule has 74 valence electrons. The highest BCUT2D eigenvalue weighted by Crippen LogP contribution is 2.00. The van der Waals surface area contributed by atoms with Crippen LogP contribution in [0.5, 0.6) is 0 Å². The fourth-order valence-corrected chi connectivity index (χ4v) is 0.602. The molecule has 0 aromatic carbocycles. The number of aliphatic hydroxyl groups excluding tert-OH is 1. The Morgan fingerprint density at radius 2 is 1.67 bits per heavy atom. The Balaban J connectivity index is 3.51. The predicted octanol–water partition coefficient (Wildman–Crippen LogP) is 0.391. The normalized spacial score (nSPS) is 16.5. The van der Waals surface area contributed by atoms with Gasteiger partial charge in [-0.15, -0.1) is 0 Å². The van der Waals surface area contributed by atoms with Gasteiger partial charge in [-0.1, -0.05) is 0 Å². The van der Waals surface area contributed by atoms with E-state index < -0.39 is 6.10 Å². The number of hydrogen-bond donors (Lipinski definition) is 1. The molecule has 0 aromatic rings. The van der Waals surface area contributed by atoms with Crippen LogP contribution in [0.15, 0.2) is 0 Å². The van der Waals surface area contributed by atoms with Crippen LogP contribution in [0, 0.1) is 0 Å². The largest absolute Gasteiger partial charge is 0.391 e. The van der Waals surface area contributed by atoms with Gasteiger partial charge in [-0.25, -0.2) is 0 Å². The van der Waals surface area contributed by atoms with Crippen molar-refractivity contribution in [3.05, 3.63) is 0 Å². The SMILES string of the molecule is COC(CO[C@@H](C)[C@H](C)O)OC. The van der Waals surface area contributed by atoms with E-state index >= 15 is 0 Å². The van der Waals surface area contributed by atoms with Gasteiger partial charge in [0.15, 0.2) is 6.29 Å². The van der Waals surface area contributed by atoms with E-state index in [4.69, 9.17) is 19.3 Å². The van der Waals surface area contributed by atoms with Crippen LogP contribution in [0.2, 0.25) is 0 Å². The van der Waals surface area contributed by atoms with Crippen LogP contribution < -0.4 is 0 Å². The molecule has 0 aliphatic heterocycles. The lowest BCUT2D eigenvalue weighted by Crippen LogP contribution is -2.29. The maximum atomic E-state index is 9.07. The summed E-state index contributed by atoms with van der Waals surface area (Å²) in [5.41, 5.74) is 0. The highest BCUT2D eigenvalue weighted by molar-refractivity contribution is 4.57. The van der Waals surface area contributed by atoms with Crippen molar-refractivity contribution >= 4 is 0 Å². The molecule has 0 fully saturated rings. The molecule has 0 saturated carbocycles. The van der Waals surface area contributed by atoms with Gasteiger partial charge in [0, 0.05) is 14.2 Å². The van der Waals surface area contributed by atoms with Gasteiger partial charge in [0.05, 0.1) is 18.8 Å². The molecule has 1 N–H and O–H groups in total. The van der Waals surface area contributed by atoms with Crippen molar-refractivity contribution in [3.63, 3.8) is 0 Å². The lowest BCUT2D eigenvalue weighted by Gasteiger charge is -2.19. The van der Waals surface area contributed by atoms with Crippen molar-refractivity contribution in [2.75, 3.05) is 20.8 Å². The van der Waals surface area contributed by atoms with Crippen molar-refractivity contribution < 1.29 is 19.3 Å². The van der Waals surface area contributed by atoms with Crippen LogP contribution >= 0.6 is 0 Å². The summed E-state index contributed by atoms with van der Waals surface area (Å²) in [7, 11) is 3.09. The minimum Gasteiger partial charge on any atom is -0.391 e. The van der Waals surface area contributed by atoms with E-state index in [9.17, 15) is 0 Å².